The third kappa shape index (κ3) is 3.99. The van der Waals surface area contributed by atoms with Crippen LogP contribution in [0.25, 0.3) is 0 Å². The quantitative estimate of drug-likeness (QED) is 0.899. The van der Waals surface area contributed by atoms with Gasteiger partial charge < -0.3 is 19.4 Å². The number of aromatic nitrogens is 1. The summed E-state index contributed by atoms with van der Waals surface area (Å²) in [5, 5.41) is 2.98. The number of carbonyl (C=O) groups is 2. The molecule has 2 aromatic rings. The van der Waals surface area contributed by atoms with Crippen molar-refractivity contribution in [2.45, 2.75) is 25.8 Å². The third-order valence-corrected chi connectivity index (χ3v) is 4.07. The zero-order chi connectivity index (χ0) is 17.6. The summed E-state index contributed by atoms with van der Waals surface area (Å²) < 4.78 is 10.6. The maximum Gasteiger partial charge on any atom is 0.289 e. The lowest BCUT2D eigenvalue weighted by Crippen LogP contribution is -2.49. The van der Waals surface area contributed by atoms with Crippen LogP contribution in [0.15, 0.2) is 41.1 Å². The summed E-state index contributed by atoms with van der Waals surface area (Å²) in [6.45, 7) is 3.39. The fourth-order valence-electron chi connectivity index (χ4n) is 2.91. The maximum atomic E-state index is 12.6. The molecule has 1 fully saturated rings. The molecule has 0 radical (unpaired) electrons. The largest absolute Gasteiger partial charge is 0.477 e. The Hall–Kier alpha value is -2.83. The Morgan fingerprint density at radius 3 is 3.04 bits per heavy atom. The van der Waals surface area contributed by atoms with Crippen molar-refractivity contribution in [3.63, 3.8) is 0 Å². The Labute approximate surface area is 146 Å². The number of rotatable bonds is 5. The van der Waals surface area contributed by atoms with Crippen LogP contribution in [-0.2, 0) is 0 Å². The van der Waals surface area contributed by atoms with Gasteiger partial charge in [0.05, 0.1) is 12.9 Å². The molecule has 1 aliphatic rings. The van der Waals surface area contributed by atoms with Crippen LogP contribution in [0.5, 0.6) is 5.88 Å². The van der Waals surface area contributed by atoms with Gasteiger partial charge in [0.25, 0.3) is 11.8 Å². The molecule has 3 rings (SSSR count). The van der Waals surface area contributed by atoms with Gasteiger partial charge in [-0.1, -0.05) is 0 Å². The lowest BCUT2D eigenvalue weighted by atomic mass is 10.0. The number of amides is 2. The highest BCUT2D eigenvalue weighted by Crippen LogP contribution is 2.17. The van der Waals surface area contributed by atoms with Gasteiger partial charge in [-0.15, -0.1) is 0 Å². The number of nitrogens with zero attached hydrogens (tertiary/aromatic N) is 2. The molecule has 1 aliphatic heterocycles. The first-order valence-corrected chi connectivity index (χ1v) is 8.40. The maximum absolute atomic E-state index is 12.6. The van der Waals surface area contributed by atoms with Crippen molar-refractivity contribution in [2.75, 3.05) is 19.7 Å². The average molecular weight is 343 g/mol. The van der Waals surface area contributed by atoms with E-state index in [2.05, 4.69) is 10.3 Å². The Morgan fingerprint density at radius 2 is 2.28 bits per heavy atom. The second-order valence-corrected chi connectivity index (χ2v) is 5.83. The van der Waals surface area contributed by atoms with Crippen LogP contribution in [0, 0.1) is 0 Å². The molecule has 132 valence electrons. The molecule has 1 N–H and O–H groups in total. The van der Waals surface area contributed by atoms with E-state index in [1.807, 2.05) is 6.92 Å². The van der Waals surface area contributed by atoms with E-state index in [1.165, 1.54) is 6.26 Å². The standard InChI is InChI=1S/C18H21N3O4/c1-2-24-17-14(7-3-9-19-17)16(22)20-13-6-4-10-21(12-13)18(23)15-8-5-11-25-15/h3,5,7-9,11,13H,2,4,6,10,12H2,1H3,(H,20,22). The number of nitrogens with one attached hydrogen (secondary N) is 1. The molecule has 0 aromatic carbocycles. The molecular weight excluding hydrogens is 322 g/mol. The lowest BCUT2D eigenvalue weighted by Gasteiger charge is -2.32. The zero-order valence-electron chi connectivity index (χ0n) is 14.1. The number of hydrogen-bond donors (Lipinski definition) is 1. The summed E-state index contributed by atoms with van der Waals surface area (Å²) >= 11 is 0. The summed E-state index contributed by atoms with van der Waals surface area (Å²) in [5.41, 5.74) is 0.402. The third-order valence-electron chi connectivity index (χ3n) is 4.07. The predicted molar refractivity (Wildman–Crippen MR) is 90.5 cm³/mol. The SMILES string of the molecule is CCOc1ncccc1C(=O)NC1CCCN(C(=O)c2ccco2)C1. The summed E-state index contributed by atoms with van der Waals surface area (Å²) in [6, 6.07) is 6.60. The van der Waals surface area contributed by atoms with E-state index in [0.717, 1.165) is 12.8 Å². The fraction of sp³-hybridized carbons (Fsp3) is 0.389. The molecule has 25 heavy (non-hydrogen) atoms. The van der Waals surface area contributed by atoms with Gasteiger partial charge in [0.15, 0.2) is 5.76 Å². The second kappa shape index (κ2) is 7.83. The topological polar surface area (TPSA) is 84.7 Å². The molecule has 1 atom stereocenters. The van der Waals surface area contributed by atoms with Gasteiger partial charge in [-0.05, 0) is 44.0 Å². The van der Waals surface area contributed by atoms with Crippen molar-refractivity contribution in [2.24, 2.45) is 0 Å². The van der Waals surface area contributed by atoms with Crippen LogP contribution in [0.4, 0.5) is 0 Å². The highest BCUT2D eigenvalue weighted by atomic mass is 16.5. The molecule has 0 saturated carbocycles. The molecule has 0 aliphatic carbocycles. The van der Waals surface area contributed by atoms with Crippen molar-refractivity contribution in [3.05, 3.63) is 48.0 Å². The van der Waals surface area contributed by atoms with Crippen molar-refractivity contribution >= 4 is 11.8 Å². The normalized spacial score (nSPS) is 17.2. The van der Waals surface area contributed by atoms with Crippen molar-refractivity contribution < 1.29 is 18.7 Å². The van der Waals surface area contributed by atoms with Crippen LogP contribution < -0.4 is 10.1 Å². The number of hydrogen-bond acceptors (Lipinski definition) is 5. The van der Waals surface area contributed by atoms with Crippen LogP contribution in [-0.4, -0.2) is 47.4 Å². The summed E-state index contributed by atoms with van der Waals surface area (Å²) in [5.74, 6) is 0.244. The highest BCUT2D eigenvalue weighted by Gasteiger charge is 2.27. The van der Waals surface area contributed by atoms with E-state index in [9.17, 15) is 9.59 Å². The molecule has 0 bridgehead atoms. The summed E-state index contributed by atoms with van der Waals surface area (Å²) in [7, 11) is 0. The van der Waals surface area contributed by atoms with E-state index in [4.69, 9.17) is 9.15 Å². The molecule has 3 heterocycles. The van der Waals surface area contributed by atoms with E-state index < -0.39 is 0 Å². The minimum Gasteiger partial charge on any atom is -0.477 e. The van der Waals surface area contributed by atoms with Crippen LogP contribution >= 0.6 is 0 Å². The van der Waals surface area contributed by atoms with E-state index in [1.54, 1.807) is 35.4 Å². The van der Waals surface area contributed by atoms with Gasteiger partial charge in [0, 0.05) is 25.3 Å². The number of furan rings is 1. The van der Waals surface area contributed by atoms with Gasteiger partial charge in [-0.3, -0.25) is 9.59 Å². The Kier molecular flexibility index (Phi) is 5.33. The van der Waals surface area contributed by atoms with Gasteiger partial charge in [-0.2, -0.15) is 0 Å². The van der Waals surface area contributed by atoms with E-state index in [-0.39, 0.29) is 17.9 Å². The van der Waals surface area contributed by atoms with Crippen molar-refractivity contribution in [1.82, 2.24) is 15.2 Å². The minimum absolute atomic E-state index is 0.116. The Morgan fingerprint density at radius 1 is 1.40 bits per heavy atom. The molecule has 1 unspecified atom stereocenters. The van der Waals surface area contributed by atoms with Crippen molar-refractivity contribution in [1.29, 1.82) is 0 Å². The van der Waals surface area contributed by atoms with Gasteiger partial charge in [0.1, 0.15) is 5.56 Å². The summed E-state index contributed by atoms with van der Waals surface area (Å²) in [4.78, 5) is 30.8. The number of likely N-dealkylation sites (tertiary alicyclic amines) is 1. The molecule has 1 saturated heterocycles. The number of ether oxygens (including phenoxy) is 1. The predicted octanol–water partition coefficient (Wildman–Crippen LogP) is 2.11. The van der Waals surface area contributed by atoms with Gasteiger partial charge in [-0.25, -0.2) is 4.98 Å². The first-order chi connectivity index (χ1) is 12.2. The lowest BCUT2D eigenvalue weighted by molar-refractivity contribution is 0.0646. The molecule has 7 nitrogen and oxygen atoms in total. The Balaban J connectivity index is 1.65. The number of pyridine rings is 1. The van der Waals surface area contributed by atoms with Gasteiger partial charge in [0.2, 0.25) is 5.88 Å². The molecule has 0 spiro atoms. The van der Waals surface area contributed by atoms with Crippen LogP contribution in [0.1, 0.15) is 40.7 Å². The summed E-state index contributed by atoms with van der Waals surface area (Å²) in [6.07, 6.45) is 4.71. The molecule has 7 heteroatoms. The smallest absolute Gasteiger partial charge is 0.289 e. The van der Waals surface area contributed by atoms with Crippen LogP contribution in [0.3, 0.4) is 0 Å². The average Bonchev–Trinajstić information content (AvgIpc) is 3.16. The monoisotopic (exact) mass is 343 g/mol. The first-order valence-electron chi connectivity index (χ1n) is 8.40. The Bertz CT molecular complexity index is 730. The van der Waals surface area contributed by atoms with Crippen LogP contribution in [0.2, 0.25) is 0 Å². The van der Waals surface area contributed by atoms with E-state index >= 15 is 0 Å². The first kappa shape index (κ1) is 17.0. The highest BCUT2D eigenvalue weighted by molar-refractivity contribution is 5.96. The molecular formula is C18H21N3O4. The van der Waals surface area contributed by atoms with Crippen molar-refractivity contribution in [3.8, 4) is 5.88 Å². The molecule has 2 aromatic heterocycles. The second-order valence-electron chi connectivity index (χ2n) is 5.83. The zero-order valence-corrected chi connectivity index (χ0v) is 14.1. The van der Waals surface area contributed by atoms with E-state index in [0.29, 0.717) is 36.9 Å². The molecule has 2 amide bonds. The van der Waals surface area contributed by atoms with Gasteiger partial charge >= 0.3 is 0 Å². The fourth-order valence-corrected chi connectivity index (χ4v) is 2.91. The number of carbonyl (C=O) groups excluding carboxylic acids is 2. The number of piperidine rings is 1. The minimum atomic E-state index is -0.242.